The number of rotatable bonds is 3. The molecule has 3 N–H and O–H groups in total. The standard InChI is InChI=1S/C28H32N2O5.CH4O3S/c31-20-8-7-16-13-21-28(34)10-9-19(30-25(32)17-3-1-2-4-18(17)26(30)33)24-27(28,22(16)23(20)35-24)11-12-29(21)14-15-5-6-15;1-5(2,3)4/h1-2,7-8,15,17-19,21,24,31,34H,3-6,9-14H2;1H3,(H,2,3,4)/t17-,18+,19-,21-,24+,27+,28?;/m1./s1. The van der Waals surface area contributed by atoms with Crippen molar-refractivity contribution in [2.75, 3.05) is 19.3 Å². The van der Waals surface area contributed by atoms with Crippen LogP contribution in [0.3, 0.4) is 0 Å². The van der Waals surface area contributed by atoms with E-state index in [1.807, 2.05) is 18.2 Å². The third-order valence-corrected chi connectivity index (χ3v) is 10.6. The average Bonchev–Trinajstić information content (AvgIpc) is 3.58. The van der Waals surface area contributed by atoms with Crippen molar-refractivity contribution in [3.63, 3.8) is 0 Å². The predicted octanol–water partition coefficient (Wildman–Crippen LogP) is 1.78. The van der Waals surface area contributed by atoms with Gasteiger partial charge in [-0.3, -0.25) is 23.9 Å². The smallest absolute Gasteiger partial charge is 0.261 e. The summed E-state index contributed by atoms with van der Waals surface area (Å²) in [6, 6.07) is 3.26. The summed E-state index contributed by atoms with van der Waals surface area (Å²) in [4.78, 5) is 31.2. The number of phenols is 1. The molecule has 1 aromatic rings. The molecule has 4 aliphatic carbocycles. The van der Waals surface area contributed by atoms with Crippen LogP contribution in [-0.4, -0.2) is 87.9 Å². The number of fused-ring (bicyclic) bond motifs is 1. The zero-order valence-electron chi connectivity index (χ0n) is 22.5. The van der Waals surface area contributed by atoms with Crippen molar-refractivity contribution in [2.45, 2.75) is 80.6 Å². The molecule has 2 saturated carbocycles. The largest absolute Gasteiger partial charge is 0.504 e. The highest BCUT2D eigenvalue weighted by Crippen LogP contribution is 2.66. The van der Waals surface area contributed by atoms with Gasteiger partial charge < -0.3 is 14.9 Å². The molecule has 10 nitrogen and oxygen atoms in total. The van der Waals surface area contributed by atoms with E-state index in [1.165, 1.54) is 17.7 Å². The van der Waals surface area contributed by atoms with Gasteiger partial charge in [-0.1, -0.05) is 18.2 Å². The van der Waals surface area contributed by atoms with E-state index >= 15 is 0 Å². The van der Waals surface area contributed by atoms with E-state index in [0.29, 0.717) is 44.1 Å². The molecule has 8 rings (SSSR count). The molecule has 4 fully saturated rings. The molecule has 3 heterocycles. The first-order valence-corrected chi connectivity index (χ1v) is 16.2. The van der Waals surface area contributed by atoms with Crippen molar-refractivity contribution >= 4 is 21.9 Å². The summed E-state index contributed by atoms with van der Waals surface area (Å²) < 4.78 is 32.5. The van der Waals surface area contributed by atoms with Crippen molar-refractivity contribution < 1.29 is 37.5 Å². The average molecular weight is 573 g/mol. The highest BCUT2D eigenvalue weighted by atomic mass is 32.2. The summed E-state index contributed by atoms with van der Waals surface area (Å²) in [7, 11) is -3.67. The SMILES string of the molecule is CS(=O)(=O)O.O=C1[C@H]2CC=CC[C@H]2C(=O)N1[C@@H]1CCC2(O)[C@H]3Cc4ccc(O)c5c4[C@@]2(CCN3CC2CC2)[C@H]1O5. The second kappa shape index (κ2) is 8.77. The van der Waals surface area contributed by atoms with Crippen molar-refractivity contribution in [3.8, 4) is 11.5 Å². The molecular weight excluding hydrogens is 536 g/mol. The molecule has 40 heavy (non-hydrogen) atoms. The van der Waals surface area contributed by atoms with Gasteiger partial charge in [0.05, 0.1) is 35.1 Å². The fraction of sp³-hybridized carbons (Fsp3) is 0.655. The van der Waals surface area contributed by atoms with Gasteiger partial charge in [0.25, 0.3) is 10.1 Å². The molecular formula is C29H36N2O8S. The van der Waals surface area contributed by atoms with E-state index in [-0.39, 0.29) is 35.4 Å². The monoisotopic (exact) mass is 572 g/mol. The predicted molar refractivity (Wildman–Crippen MR) is 143 cm³/mol. The van der Waals surface area contributed by atoms with Crippen molar-refractivity contribution in [1.82, 2.24) is 9.80 Å². The van der Waals surface area contributed by atoms with E-state index in [9.17, 15) is 28.2 Å². The first kappa shape index (κ1) is 26.4. The third-order valence-electron chi connectivity index (χ3n) is 10.6. The number of likely N-dealkylation sites (tertiary alicyclic amines) is 2. The third kappa shape index (κ3) is 3.66. The Morgan fingerprint density at radius 2 is 1.70 bits per heavy atom. The lowest BCUT2D eigenvalue weighted by atomic mass is 9.48. The normalized spacial score (nSPS) is 39.3. The Kier molecular flexibility index (Phi) is 5.79. The number of imide groups is 1. The maximum atomic E-state index is 13.6. The number of nitrogens with zero attached hydrogens (tertiary/aromatic N) is 2. The van der Waals surface area contributed by atoms with E-state index in [4.69, 9.17) is 9.29 Å². The first-order valence-electron chi connectivity index (χ1n) is 14.4. The van der Waals surface area contributed by atoms with Crippen LogP contribution in [0.4, 0.5) is 0 Å². The number of hydrogen-bond acceptors (Lipinski definition) is 8. The number of ether oxygens (including phenoxy) is 1. The molecule has 11 heteroatoms. The number of amides is 2. The molecule has 7 atom stereocenters. The summed E-state index contributed by atoms with van der Waals surface area (Å²) in [5.74, 6) is 0.552. The Balaban J connectivity index is 0.000000490. The van der Waals surface area contributed by atoms with Crippen LogP contribution in [0.2, 0.25) is 0 Å². The zero-order valence-corrected chi connectivity index (χ0v) is 23.3. The fourth-order valence-electron chi connectivity index (χ4n) is 8.87. The molecule has 1 spiro atoms. The van der Waals surface area contributed by atoms with Crippen LogP contribution in [0, 0.1) is 17.8 Å². The lowest BCUT2D eigenvalue weighted by molar-refractivity contribution is -0.201. The van der Waals surface area contributed by atoms with E-state index in [0.717, 1.165) is 36.6 Å². The molecule has 2 saturated heterocycles. The highest BCUT2D eigenvalue weighted by Gasteiger charge is 2.74. The Hall–Kier alpha value is -2.47. The summed E-state index contributed by atoms with van der Waals surface area (Å²) in [5, 5.41) is 23.4. The van der Waals surface area contributed by atoms with Crippen LogP contribution in [0.1, 0.15) is 56.1 Å². The van der Waals surface area contributed by atoms with Gasteiger partial charge in [-0.2, -0.15) is 8.42 Å². The molecule has 0 radical (unpaired) electrons. The molecule has 216 valence electrons. The van der Waals surface area contributed by atoms with Gasteiger partial charge in [0.2, 0.25) is 11.8 Å². The molecule has 7 aliphatic rings. The van der Waals surface area contributed by atoms with Crippen molar-refractivity contribution in [1.29, 1.82) is 0 Å². The Morgan fingerprint density at radius 3 is 2.33 bits per heavy atom. The van der Waals surface area contributed by atoms with Crippen LogP contribution in [0.5, 0.6) is 11.5 Å². The Labute approximate surface area is 233 Å². The quantitative estimate of drug-likeness (QED) is 0.280. The number of piperidine rings is 1. The van der Waals surface area contributed by atoms with Gasteiger partial charge in [0, 0.05) is 18.2 Å². The molecule has 1 unspecified atom stereocenters. The fourth-order valence-corrected chi connectivity index (χ4v) is 8.87. The Morgan fingerprint density at radius 1 is 1.05 bits per heavy atom. The van der Waals surface area contributed by atoms with Gasteiger partial charge in [0.1, 0.15) is 6.10 Å². The summed E-state index contributed by atoms with van der Waals surface area (Å²) in [6.45, 7) is 1.89. The van der Waals surface area contributed by atoms with Gasteiger partial charge >= 0.3 is 0 Å². The number of phenolic OH excluding ortho intramolecular Hbond substituents is 1. The maximum absolute atomic E-state index is 13.6. The van der Waals surface area contributed by atoms with E-state index in [2.05, 4.69) is 4.90 Å². The minimum atomic E-state index is -3.67. The topological polar surface area (TPSA) is 145 Å². The lowest BCUT2D eigenvalue weighted by Gasteiger charge is -2.64. The number of aromatic hydroxyl groups is 1. The number of carbonyl (C=O) groups excluding carboxylic acids is 2. The summed E-state index contributed by atoms with van der Waals surface area (Å²) in [5.41, 5.74) is 0.353. The second-order valence-electron chi connectivity index (χ2n) is 12.8. The van der Waals surface area contributed by atoms with Gasteiger partial charge in [-0.05, 0) is 75.5 Å². The van der Waals surface area contributed by atoms with Crippen LogP contribution in [0.15, 0.2) is 24.3 Å². The molecule has 2 bridgehead atoms. The molecule has 1 aromatic carbocycles. The highest BCUT2D eigenvalue weighted by molar-refractivity contribution is 7.85. The van der Waals surface area contributed by atoms with Crippen LogP contribution in [-0.2, 0) is 31.5 Å². The Bertz CT molecular complexity index is 1390. The van der Waals surface area contributed by atoms with E-state index in [1.54, 1.807) is 6.07 Å². The first-order chi connectivity index (χ1) is 18.9. The summed E-state index contributed by atoms with van der Waals surface area (Å²) >= 11 is 0. The number of aliphatic hydroxyl groups is 1. The second-order valence-corrected chi connectivity index (χ2v) is 14.3. The van der Waals surface area contributed by atoms with Gasteiger partial charge in [-0.15, -0.1) is 0 Å². The van der Waals surface area contributed by atoms with Crippen LogP contribution >= 0.6 is 0 Å². The zero-order chi connectivity index (χ0) is 28.2. The van der Waals surface area contributed by atoms with Crippen molar-refractivity contribution in [2.24, 2.45) is 17.8 Å². The van der Waals surface area contributed by atoms with Crippen molar-refractivity contribution in [3.05, 3.63) is 35.4 Å². The van der Waals surface area contributed by atoms with Gasteiger partial charge in [0.15, 0.2) is 11.5 Å². The minimum absolute atomic E-state index is 0.0105. The maximum Gasteiger partial charge on any atom is 0.261 e. The minimum Gasteiger partial charge on any atom is -0.504 e. The van der Waals surface area contributed by atoms with Gasteiger partial charge in [-0.25, -0.2) is 0 Å². The summed E-state index contributed by atoms with van der Waals surface area (Å²) in [6.07, 6.45) is 10.5. The number of hydrogen-bond donors (Lipinski definition) is 3. The molecule has 0 aromatic heterocycles. The van der Waals surface area contributed by atoms with Crippen LogP contribution in [0.25, 0.3) is 0 Å². The molecule has 2 amide bonds. The van der Waals surface area contributed by atoms with Crippen LogP contribution < -0.4 is 4.74 Å². The number of carbonyl (C=O) groups is 2. The molecule has 3 aliphatic heterocycles. The number of allylic oxidation sites excluding steroid dienone is 2. The number of benzene rings is 1. The van der Waals surface area contributed by atoms with E-state index < -0.39 is 33.3 Å². The lowest BCUT2D eigenvalue weighted by Crippen LogP contribution is -2.78.